The molecule has 0 saturated heterocycles. The van der Waals surface area contributed by atoms with E-state index in [9.17, 15) is 13.2 Å². The van der Waals surface area contributed by atoms with Crippen LogP contribution >= 0.6 is 11.6 Å². The minimum absolute atomic E-state index is 0.0826. The summed E-state index contributed by atoms with van der Waals surface area (Å²) >= 11 is 5.97. The van der Waals surface area contributed by atoms with Crippen molar-refractivity contribution in [3.8, 4) is 0 Å². The number of carbonyl (C=O) groups excluding carboxylic acids is 1. The summed E-state index contributed by atoms with van der Waals surface area (Å²) in [6, 6.07) is 14.6. The Morgan fingerprint density at radius 1 is 1.12 bits per heavy atom. The number of rotatable bonds is 7. The van der Waals surface area contributed by atoms with Crippen LogP contribution in [0.4, 0.5) is 0 Å². The first-order valence-corrected chi connectivity index (χ1v) is 10.0. The maximum absolute atomic E-state index is 12.5. The SMILES string of the molecule is CN(Cc1cccc(Cl)c1)C(=O)c1ccc(CCNS(C)(=O)=O)cc1. The van der Waals surface area contributed by atoms with Crippen LogP contribution in [-0.4, -0.2) is 39.1 Å². The van der Waals surface area contributed by atoms with Gasteiger partial charge >= 0.3 is 0 Å². The number of sulfonamides is 1. The highest BCUT2D eigenvalue weighted by molar-refractivity contribution is 7.88. The average molecular weight is 381 g/mol. The fourth-order valence-electron chi connectivity index (χ4n) is 2.40. The van der Waals surface area contributed by atoms with Gasteiger partial charge in [0.25, 0.3) is 5.91 Å². The van der Waals surface area contributed by atoms with Crippen LogP contribution < -0.4 is 4.72 Å². The van der Waals surface area contributed by atoms with Gasteiger partial charge < -0.3 is 4.90 Å². The van der Waals surface area contributed by atoms with Gasteiger partial charge in [0.1, 0.15) is 0 Å². The summed E-state index contributed by atoms with van der Waals surface area (Å²) in [5.74, 6) is -0.0826. The van der Waals surface area contributed by atoms with Crippen molar-refractivity contribution in [2.24, 2.45) is 0 Å². The van der Waals surface area contributed by atoms with Gasteiger partial charge in [0.05, 0.1) is 6.26 Å². The van der Waals surface area contributed by atoms with E-state index in [1.54, 1.807) is 30.1 Å². The number of nitrogens with one attached hydrogen (secondary N) is 1. The van der Waals surface area contributed by atoms with Crippen LogP contribution in [0.15, 0.2) is 48.5 Å². The molecule has 134 valence electrons. The monoisotopic (exact) mass is 380 g/mol. The summed E-state index contributed by atoms with van der Waals surface area (Å²) in [5.41, 5.74) is 2.52. The Hall–Kier alpha value is -1.89. The van der Waals surface area contributed by atoms with Crippen LogP contribution in [0, 0.1) is 0 Å². The summed E-state index contributed by atoms with van der Waals surface area (Å²) in [7, 11) is -1.44. The predicted octanol–water partition coefficient (Wildman–Crippen LogP) is 2.70. The van der Waals surface area contributed by atoms with Gasteiger partial charge in [0.2, 0.25) is 10.0 Å². The number of hydrogen-bond donors (Lipinski definition) is 1. The zero-order valence-corrected chi connectivity index (χ0v) is 15.8. The highest BCUT2D eigenvalue weighted by Crippen LogP contribution is 2.14. The Bertz CT molecular complexity index is 836. The van der Waals surface area contributed by atoms with E-state index in [0.717, 1.165) is 17.4 Å². The van der Waals surface area contributed by atoms with Crippen LogP contribution in [0.1, 0.15) is 21.5 Å². The van der Waals surface area contributed by atoms with Crippen LogP contribution in [0.5, 0.6) is 0 Å². The molecule has 0 radical (unpaired) electrons. The van der Waals surface area contributed by atoms with Crippen LogP contribution in [0.25, 0.3) is 0 Å². The molecule has 25 heavy (non-hydrogen) atoms. The summed E-state index contributed by atoms with van der Waals surface area (Å²) in [5, 5.41) is 0.644. The summed E-state index contributed by atoms with van der Waals surface area (Å²) < 4.78 is 24.5. The van der Waals surface area contributed by atoms with E-state index in [0.29, 0.717) is 30.1 Å². The van der Waals surface area contributed by atoms with Crippen molar-refractivity contribution < 1.29 is 13.2 Å². The van der Waals surface area contributed by atoms with Crippen molar-refractivity contribution in [1.82, 2.24) is 9.62 Å². The lowest BCUT2D eigenvalue weighted by molar-refractivity contribution is 0.0785. The van der Waals surface area contributed by atoms with E-state index < -0.39 is 10.0 Å². The molecule has 0 saturated carbocycles. The second kappa shape index (κ2) is 8.47. The molecule has 0 unspecified atom stereocenters. The lowest BCUT2D eigenvalue weighted by Crippen LogP contribution is -2.26. The van der Waals surface area contributed by atoms with E-state index in [1.165, 1.54) is 0 Å². The van der Waals surface area contributed by atoms with Gasteiger partial charge in [-0.2, -0.15) is 0 Å². The van der Waals surface area contributed by atoms with E-state index in [1.807, 2.05) is 30.3 Å². The van der Waals surface area contributed by atoms with E-state index >= 15 is 0 Å². The number of hydrogen-bond acceptors (Lipinski definition) is 3. The maximum atomic E-state index is 12.5. The minimum Gasteiger partial charge on any atom is -0.337 e. The number of amides is 1. The maximum Gasteiger partial charge on any atom is 0.253 e. The highest BCUT2D eigenvalue weighted by Gasteiger charge is 2.12. The van der Waals surface area contributed by atoms with Crippen molar-refractivity contribution in [1.29, 1.82) is 0 Å². The molecule has 2 rings (SSSR count). The standard InChI is InChI=1S/C18H21ClN2O3S/c1-21(13-15-4-3-5-17(19)12-15)18(22)16-8-6-14(7-9-16)10-11-20-25(2,23)24/h3-9,12,20H,10-11,13H2,1-2H3. The number of halogens is 1. The molecular weight excluding hydrogens is 360 g/mol. The Morgan fingerprint density at radius 2 is 1.80 bits per heavy atom. The minimum atomic E-state index is -3.18. The van der Waals surface area contributed by atoms with Gasteiger partial charge in [0.15, 0.2) is 0 Å². The lowest BCUT2D eigenvalue weighted by Gasteiger charge is -2.17. The van der Waals surface area contributed by atoms with Gasteiger partial charge in [-0.1, -0.05) is 35.9 Å². The topological polar surface area (TPSA) is 66.5 Å². The van der Waals surface area contributed by atoms with E-state index in [-0.39, 0.29) is 5.91 Å². The van der Waals surface area contributed by atoms with Gasteiger partial charge in [-0.3, -0.25) is 4.79 Å². The van der Waals surface area contributed by atoms with Crippen molar-refractivity contribution in [3.05, 3.63) is 70.2 Å². The molecule has 7 heteroatoms. The predicted molar refractivity (Wildman–Crippen MR) is 100 cm³/mol. The second-order valence-electron chi connectivity index (χ2n) is 5.90. The quantitative estimate of drug-likeness (QED) is 0.803. The molecule has 1 N–H and O–H groups in total. The normalized spacial score (nSPS) is 11.3. The van der Waals surface area contributed by atoms with Crippen LogP contribution in [0.3, 0.4) is 0 Å². The van der Waals surface area contributed by atoms with Gasteiger partial charge in [-0.25, -0.2) is 13.1 Å². The summed E-state index contributed by atoms with van der Waals surface area (Å²) in [6.07, 6.45) is 1.70. The zero-order valence-electron chi connectivity index (χ0n) is 14.2. The third-order valence-corrected chi connectivity index (χ3v) is 4.60. The van der Waals surface area contributed by atoms with Crippen molar-refractivity contribution in [2.75, 3.05) is 19.8 Å². The number of benzene rings is 2. The van der Waals surface area contributed by atoms with Gasteiger partial charge in [-0.05, 0) is 41.8 Å². The molecule has 0 bridgehead atoms. The third-order valence-electron chi connectivity index (χ3n) is 3.63. The lowest BCUT2D eigenvalue weighted by atomic mass is 10.1. The molecule has 0 aromatic heterocycles. The molecular formula is C18H21ClN2O3S. The summed E-state index contributed by atoms with van der Waals surface area (Å²) in [6.45, 7) is 0.806. The van der Waals surface area contributed by atoms with E-state index in [4.69, 9.17) is 11.6 Å². The molecule has 0 aliphatic heterocycles. The molecule has 2 aromatic rings. The Balaban J connectivity index is 1.95. The molecule has 0 fully saturated rings. The first-order valence-electron chi connectivity index (χ1n) is 7.78. The molecule has 0 aliphatic rings. The third kappa shape index (κ3) is 6.49. The van der Waals surface area contributed by atoms with Gasteiger partial charge in [0, 0.05) is 30.7 Å². The highest BCUT2D eigenvalue weighted by atomic mass is 35.5. The molecule has 1 amide bonds. The number of carbonyl (C=O) groups is 1. The molecule has 0 heterocycles. The second-order valence-corrected chi connectivity index (χ2v) is 8.17. The molecule has 0 aliphatic carbocycles. The molecule has 5 nitrogen and oxygen atoms in total. The first-order chi connectivity index (χ1) is 11.7. The average Bonchev–Trinajstić information content (AvgIpc) is 2.53. The van der Waals surface area contributed by atoms with Gasteiger partial charge in [-0.15, -0.1) is 0 Å². The smallest absolute Gasteiger partial charge is 0.253 e. The van der Waals surface area contributed by atoms with Crippen molar-refractivity contribution >= 4 is 27.5 Å². The van der Waals surface area contributed by atoms with Crippen LogP contribution in [-0.2, 0) is 23.0 Å². The molecule has 0 spiro atoms. The summed E-state index contributed by atoms with van der Waals surface area (Å²) in [4.78, 5) is 14.1. The zero-order chi connectivity index (χ0) is 18.4. The number of nitrogens with zero attached hydrogens (tertiary/aromatic N) is 1. The Labute approximate surface area is 153 Å². The Kier molecular flexibility index (Phi) is 6.58. The largest absolute Gasteiger partial charge is 0.337 e. The van der Waals surface area contributed by atoms with E-state index in [2.05, 4.69) is 4.72 Å². The fourth-order valence-corrected chi connectivity index (χ4v) is 3.08. The van der Waals surface area contributed by atoms with Crippen LogP contribution in [0.2, 0.25) is 5.02 Å². The molecule has 0 atom stereocenters. The van der Waals surface area contributed by atoms with Crippen molar-refractivity contribution in [2.45, 2.75) is 13.0 Å². The Morgan fingerprint density at radius 3 is 2.40 bits per heavy atom. The fraction of sp³-hybridized carbons (Fsp3) is 0.278. The van der Waals surface area contributed by atoms with Crippen molar-refractivity contribution in [3.63, 3.8) is 0 Å². The molecule has 2 aromatic carbocycles. The first kappa shape index (κ1) is 19.4.